The number of ether oxygens (including phenoxy) is 1. The van der Waals surface area contributed by atoms with E-state index in [4.69, 9.17) is 5.73 Å². The molecular weight excluding hydrogens is 487 g/mol. The third-order valence-electron chi connectivity index (χ3n) is 4.70. The van der Waals surface area contributed by atoms with E-state index in [-0.39, 0.29) is 40.8 Å². The quantitative estimate of drug-likeness (QED) is 0.581. The Morgan fingerprint density at radius 1 is 1.36 bits per heavy atom. The van der Waals surface area contributed by atoms with Crippen molar-refractivity contribution in [1.82, 2.24) is 9.29 Å². The highest BCUT2D eigenvalue weighted by molar-refractivity contribution is 7.89. The zero-order chi connectivity index (χ0) is 24.6. The number of benzene rings is 1. The van der Waals surface area contributed by atoms with Crippen LogP contribution in [0.25, 0.3) is 0 Å². The third-order valence-corrected chi connectivity index (χ3v) is 6.78. The van der Waals surface area contributed by atoms with E-state index in [9.17, 15) is 26.4 Å². The number of carbonyl (C=O) groups excluding carboxylic acids is 1. The molecular formula is C19H19ClF3N5O4S. The van der Waals surface area contributed by atoms with Gasteiger partial charge in [0, 0.05) is 30.8 Å². The molecule has 1 aromatic carbocycles. The lowest BCUT2D eigenvalue weighted by molar-refractivity contribution is -0.0966. The fourth-order valence-corrected chi connectivity index (χ4v) is 4.77. The number of anilines is 1. The van der Waals surface area contributed by atoms with E-state index < -0.39 is 32.9 Å². The van der Waals surface area contributed by atoms with Gasteiger partial charge in [0.15, 0.2) is 0 Å². The van der Waals surface area contributed by atoms with Gasteiger partial charge in [-0.15, -0.1) is 8.78 Å². The molecule has 0 saturated heterocycles. The van der Waals surface area contributed by atoms with Crippen molar-refractivity contribution < 1.29 is 31.1 Å². The van der Waals surface area contributed by atoms with Gasteiger partial charge in [-0.25, -0.2) is 27.1 Å². The van der Waals surface area contributed by atoms with Gasteiger partial charge in [-0.05, 0) is 42.8 Å². The van der Waals surface area contributed by atoms with Crippen LogP contribution in [0.15, 0.2) is 41.5 Å². The van der Waals surface area contributed by atoms with E-state index in [0.29, 0.717) is 0 Å². The third kappa shape index (κ3) is 6.05. The number of aliphatic imine (C=N–C) groups is 1. The number of alkyl halides is 3. The molecule has 2 heterocycles. The molecule has 2 aromatic rings. The molecule has 9 nitrogen and oxygen atoms in total. The van der Waals surface area contributed by atoms with Gasteiger partial charge in [0.05, 0.1) is 17.5 Å². The van der Waals surface area contributed by atoms with Crippen LogP contribution in [0.3, 0.4) is 0 Å². The lowest BCUT2D eigenvalue weighted by Crippen LogP contribution is -2.52. The smallest absolute Gasteiger partial charge is 0.418 e. The minimum atomic E-state index is -3.92. The highest BCUT2D eigenvalue weighted by atomic mass is 35.5. The standard InChI is InChI=1S/C19H19ClF3N5O4S/c1-18(10-33(30,31)28(2)17(24)27-18)8-11-7-12(3-5-14(11)21)26-16(29)15-6-4-13(9-25-15)32-19(20,22)23/h3-7,9H,8,10H2,1-2H3,(H2,24,27)(H,26,29)/t18-/m1/s1. The van der Waals surface area contributed by atoms with Gasteiger partial charge in [-0.3, -0.25) is 4.79 Å². The van der Waals surface area contributed by atoms with Crippen molar-refractivity contribution in [2.75, 3.05) is 18.1 Å². The highest BCUT2D eigenvalue weighted by Crippen LogP contribution is 2.28. The van der Waals surface area contributed by atoms with Gasteiger partial charge in [0.2, 0.25) is 16.0 Å². The van der Waals surface area contributed by atoms with Crippen molar-refractivity contribution in [3.05, 3.63) is 53.6 Å². The predicted molar refractivity (Wildman–Crippen MR) is 115 cm³/mol. The summed E-state index contributed by atoms with van der Waals surface area (Å²) in [5.74, 6) is -2.27. The molecule has 3 N–H and O–H groups in total. The molecule has 1 aromatic heterocycles. The Morgan fingerprint density at radius 3 is 2.64 bits per heavy atom. The number of hydrogen-bond donors (Lipinski definition) is 2. The minimum Gasteiger partial charge on any atom is -0.418 e. The molecule has 0 radical (unpaired) electrons. The van der Waals surface area contributed by atoms with E-state index in [1.54, 1.807) is 0 Å². The lowest BCUT2D eigenvalue weighted by atomic mass is 9.94. The van der Waals surface area contributed by atoms with Gasteiger partial charge < -0.3 is 15.8 Å². The van der Waals surface area contributed by atoms with Crippen LogP contribution in [-0.2, 0) is 16.4 Å². The van der Waals surface area contributed by atoms with Gasteiger partial charge in [-0.2, -0.15) is 0 Å². The molecule has 0 aliphatic carbocycles. The summed E-state index contributed by atoms with van der Waals surface area (Å²) in [5.41, 5.74) is 0.736. The number of halogens is 4. The summed E-state index contributed by atoms with van der Waals surface area (Å²) >= 11 is 4.67. The van der Waals surface area contributed by atoms with Crippen molar-refractivity contribution in [2.24, 2.45) is 10.7 Å². The maximum atomic E-state index is 14.5. The molecule has 33 heavy (non-hydrogen) atoms. The second kappa shape index (κ2) is 8.71. The van der Waals surface area contributed by atoms with E-state index in [1.165, 1.54) is 26.1 Å². The number of aromatic nitrogens is 1. The summed E-state index contributed by atoms with van der Waals surface area (Å²) in [6.45, 7) is 1.53. The molecule has 0 spiro atoms. The van der Waals surface area contributed by atoms with Crippen LogP contribution in [0.2, 0.25) is 0 Å². The Bertz CT molecular complexity index is 1200. The van der Waals surface area contributed by atoms with Gasteiger partial charge >= 0.3 is 5.57 Å². The van der Waals surface area contributed by atoms with Gasteiger partial charge in [0.25, 0.3) is 5.91 Å². The van der Waals surface area contributed by atoms with Gasteiger partial charge in [-0.1, -0.05) is 0 Å². The molecule has 0 saturated carbocycles. The first-order chi connectivity index (χ1) is 15.2. The van der Waals surface area contributed by atoms with Gasteiger partial charge in [0.1, 0.15) is 17.3 Å². The topological polar surface area (TPSA) is 127 Å². The van der Waals surface area contributed by atoms with Crippen LogP contribution in [-0.4, -0.2) is 53.5 Å². The fraction of sp³-hybridized carbons (Fsp3) is 0.316. The summed E-state index contributed by atoms with van der Waals surface area (Å²) in [4.78, 5) is 20.3. The summed E-state index contributed by atoms with van der Waals surface area (Å²) in [5, 5.41) is 2.51. The van der Waals surface area contributed by atoms with Crippen molar-refractivity contribution in [2.45, 2.75) is 24.5 Å². The Labute approximate surface area is 192 Å². The molecule has 1 aliphatic rings. The van der Waals surface area contributed by atoms with Crippen LogP contribution >= 0.6 is 11.6 Å². The first-order valence-electron chi connectivity index (χ1n) is 9.31. The van der Waals surface area contributed by atoms with Crippen LogP contribution in [0.4, 0.5) is 18.9 Å². The first-order valence-corrected chi connectivity index (χ1v) is 11.3. The number of nitrogens with two attached hydrogens (primary N) is 1. The number of nitrogens with one attached hydrogen (secondary N) is 1. The van der Waals surface area contributed by atoms with E-state index >= 15 is 0 Å². The maximum Gasteiger partial charge on any atom is 0.487 e. The first kappa shape index (κ1) is 24.6. The summed E-state index contributed by atoms with van der Waals surface area (Å²) in [6.07, 6.45) is 0.790. The van der Waals surface area contributed by atoms with E-state index in [1.807, 2.05) is 0 Å². The highest BCUT2D eigenvalue weighted by Gasteiger charge is 2.39. The molecule has 0 unspecified atom stereocenters. The van der Waals surface area contributed by atoms with Crippen LogP contribution in [0.5, 0.6) is 5.75 Å². The van der Waals surface area contributed by atoms with Crippen molar-refractivity contribution in [1.29, 1.82) is 0 Å². The Morgan fingerprint density at radius 2 is 2.06 bits per heavy atom. The number of carbonyl (C=O) groups is 1. The van der Waals surface area contributed by atoms with Crippen molar-refractivity contribution in [3.8, 4) is 5.75 Å². The molecule has 1 amide bonds. The SMILES string of the molecule is CN1C(N)=N[C@](C)(Cc2cc(NC(=O)c3ccc(OC(F)(F)Cl)cn3)ccc2F)CS1(=O)=O. The minimum absolute atomic E-state index is 0.104. The number of pyridine rings is 1. The monoisotopic (exact) mass is 505 g/mol. The molecule has 1 atom stereocenters. The van der Waals surface area contributed by atoms with Crippen molar-refractivity contribution >= 4 is 39.2 Å². The lowest BCUT2D eigenvalue weighted by Gasteiger charge is -2.34. The average Bonchev–Trinajstić information content (AvgIpc) is 2.67. The Balaban J connectivity index is 1.77. The molecule has 3 rings (SSSR count). The van der Waals surface area contributed by atoms with Crippen LogP contribution in [0, 0.1) is 5.82 Å². The second-order valence-corrected chi connectivity index (χ2v) is 9.99. The second-order valence-electron chi connectivity index (χ2n) is 7.55. The zero-order valence-electron chi connectivity index (χ0n) is 17.4. The zero-order valence-corrected chi connectivity index (χ0v) is 18.9. The van der Waals surface area contributed by atoms with E-state index in [2.05, 4.69) is 31.6 Å². The van der Waals surface area contributed by atoms with Crippen molar-refractivity contribution in [3.63, 3.8) is 0 Å². The van der Waals surface area contributed by atoms with E-state index in [0.717, 1.165) is 28.7 Å². The number of rotatable bonds is 6. The maximum absolute atomic E-state index is 14.5. The summed E-state index contributed by atoms with van der Waals surface area (Å²) < 4.78 is 69.4. The number of nitrogens with zero attached hydrogens (tertiary/aromatic N) is 3. The molecule has 0 bridgehead atoms. The predicted octanol–water partition coefficient (Wildman–Crippen LogP) is 2.53. The average molecular weight is 506 g/mol. The number of guanidine groups is 1. The normalized spacial score (nSPS) is 20.2. The largest absolute Gasteiger partial charge is 0.487 e. The fourth-order valence-electron chi connectivity index (χ4n) is 3.20. The van der Waals surface area contributed by atoms with Crippen LogP contribution < -0.4 is 15.8 Å². The Hall–Kier alpha value is -3.06. The van der Waals surface area contributed by atoms with Crippen LogP contribution in [0.1, 0.15) is 23.0 Å². The number of amides is 1. The summed E-state index contributed by atoms with van der Waals surface area (Å²) in [6, 6.07) is 5.96. The molecule has 178 valence electrons. The molecule has 14 heteroatoms. The number of hydrogen-bond acceptors (Lipinski definition) is 7. The molecule has 0 fully saturated rings. The Kier molecular flexibility index (Phi) is 6.48. The summed E-state index contributed by atoms with van der Waals surface area (Å²) in [7, 11) is -2.44. The molecule has 1 aliphatic heterocycles. The number of sulfonamides is 1.